The Kier molecular flexibility index (Phi) is 77.1. The van der Waals surface area contributed by atoms with Gasteiger partial charge in [0.2, 0.25) is 0 Å². The van der Waals surface area contributed by atoms with Crippen molar-refractivity contribution in [2.24, 2.45) is 0 Å². The van der Waals surface area contributed by atoms with Gasteiger partial charge in [-0.15, -0.1) is 0 Å². The number of rotatable bonds is 80. The Bertz CT molecular complexity index is 2520. The fourth-order valence-electron chi connectivity index (χ4n) is 11.4. The molecule has 0 aliphatic rings. The number of ether oxygens (including phenoxy) is 4. The standard InChI is InChI=1S/C89H154O17P2/c1-5-9-13-17-21-25-29-33-37-39-41-43-47-49-53-57-61-65-69-73-86(91)99-79-84(105-88(93)75-71-67-63-59-55-51-45-35-31-27-23-19-15-11-7-3)81-103-107(95,96)101-77-83(90)78-102-108(97,98)104-82-85(106-89(94)76-72-68-64-60-56-52-46-36-32-28-24-20-16-12-8-4)80-100-87(92)74-70-66-62-58-54-50-48-44-42-40-38-34-30-26-22-18-14-10-6-2/h11,15,21-23,25-27,33-38,41-46,83-85,90H,5-10,12-14,16-20,24,28-32,39-40,47-82H2,1-4H3,(H,95,96)(H,97,98)/b15-11-,25-21-,26-22-,27-23-,37-33-,38-34-,43-41-,44-42-,45-35-,46-36-. The van der Waals surface area contributed by atoms with Gasteiger partial charge in [0.25, 0.3) is 0 Å². The van der Waals surface area contributed by atoms with Crippen LogP contribution in [0.3, 0.4) is 0 Å². The Labute approximate surface area is 657 Å². The predicted octanol–water partition coefficient (Wildman–Crippen LogP) is 25.5. The first-order chi connectivity index (χ1) is 52.7. The zero-order valence-electron chi connectivity index (χ0n) is 68.2. The lowest BCUT2D eigenvalue weighted by Crippen LogP contribution is -2.30. The van der Waals surface area contributed by atoms with E-state index in [4.69, 9.17) is 37.0 Å². The molecule has 0 saturated carbocycles. The van der Waals surface area contributed by atoms with Gasteiger partial charge in [0.1, 0.15) is 19.3 Å². The summed E-state index contributed by atoms with van der Waals surface area (Å²) in [6.45, 7) is 4.69. The third-order valence-corrected chi connectivity index (χ3v) is 19.8. The van der Waals surface area contributed by atoms with Crippen LogP contribution in [0.15, 0.2) is 122 Å². The second-order valence-electron chi connectivity index (χ2n) is 28.4. The molecule has 0 fully saturated rings. The highest BCUT2D eigenvalue weighted by Crippen LogP contribution is 2.45. The van der Waals surface area contributed by atoms with Gasteiger partial charge in [-0.05, 0) is 161 Å². The zero-order valence-corrected chi connectivity index (χ0v) is 70.0. The molecule has 3 N–H and O–H groups in total. The van der Waals surface area contributed by atoms with E-state index in [9.17, 15) is 43.2 Å². The molecule has 19 heteroatoms. The quantitative estimate of drug-likeness (QED) is 0.0169. The maximum absolute atomic E-state index is 13.1. The van der Waals surface area contributed by atoms with Crippen LogP contribution >= 0.6 is 15.6 Å². The number of hydrogen-bond acceptors (Lipinski definition) is 15. The second-order valence-corrected chi connectivity index (χ2v) is 31.3. The first kappa shape index (κ1) is 103. The van der Waals surface area contributed by atoms with Crippen molar-refractivity contribution < 1.29 is 80.2 Å². The summed E-state index contributed by atoms with van der Waals surface area (Å²) >= 11 is 0. The summed E-state index contributed by atoms with van der Waals surface area (Å²) < 4.78 is 68.8. The molecular formula is C89H154O17P2. The lowest BCUT2D eigenvalue weighted by Gasteiger charge is -2.21. The molecule has 0 bridgehead atoms. The Morgan fingerprint density at radius 2 is 0.481 bits per heavy atom. The topological polar surface area (TPSA) is 237 Å². The van der Waals surface area contributed by atoms with Gasteiger partial charge in [-0.2, -0.15) is 0 Å². The molecule has 17 nitrogen and oxygen atoms in total. The Morgan fingerprint density at radius 1 is 0.269 bits per heavy atom. The van der Waals surface area contributed by atoms with E-state index in [-0.39, 0.29) is 25.7 Å². The normalized spacial score (nSPS) is 14.4. The SMILES string of the molecule is CC/C=C\C/C=C\C/C=C\CCCCCCCC(=O)OC(COC(=O)CCCCCCCC/C=C\C/C=C\C/C=C\CCCCC)COP(=O)(O)OCC(O)COP(=O)(O)OCC(COC(=O)CCCCCCCC/C=C\C/C=C\C/C=C\CCCCC)OC(=O)CCCCCCC/C=C\CCCCCCCC. The predicted molar refractivity (Wildman–Crippen MR) is 445 cm³/mol. The number of phosphoric ester groups is 2. The molecule has 5 unspecified atom stereocenters. The highest BCUT2D eigenvalue weighted by Gasteiger charge is 2.30. The van der Waals surface area contributed by atoms with Crippen molar-refractivity contribution in [1.29, 1.82) is 0 Å². The summed E-state index contributed by atoms with van der Waals surface area (Å²) in [5.74, 6) is -2.22. The number of hydrogen-bond donors (Lipinski definition) is 3. The molecule has 108 heavy (non-hydrogen) atoms. The minimum absolute atomic E-state index is 0.0705. The van der Waals surface area contributed by atoms with E-state index in [0.29, 0.717) is 25.7 Å². The number of phosphoric acid groups is 2. The van der Waals surface area contributed by atoms with Gasteiger partial charge < -0.3 is 33.8 Å². The van der Waals surface area contributed by atoms with Crippen LogP contribution in [0.4, 0.5) is 0 Å². The summed E-state index contributed by atoms with van der Waals surface area (Å²) in [5.41, 5.74) is 0. The largest absolute Gasteiger partial charge is 0.472 e. The van der Waals surface area contributed by atoms with Crippen molar-refractivity contribution in [2.75, 3.05) is 39.6 Å². The number of carbonyl (C=O) groups excluding carboxylic acids is 4. The fraction of sp³-hybridized carbons (Fsp3) is 0.730. The van der Waals surface area contributed by atoms with Crippen LogP contribution in [0.2, 0.25) is 0 Å². The van der Waals surface area contributed by atoms with Crippen molar-refractivity contribution in [2.45, 2.75) is 380 Å². The van der Waals surface area contributed by atoms with Gasteiger partial charge in [-0.25, -0.2) is 9.13 Å². The molecular weight excluding hydrogens is 1400 g/mol. The monoisotopic (exact) mass is 1560 g/mol. The van der Waals surface area contributed by atoms with Crippen LogP contribution in [0.5, 0.6) is 0 Å². The lowest BCUT2D eigenvalue weighted by molar-refractivity contribution is -0.161. The average Bonchev–Trinajstić information content (AvgIpc) is 0.907. The van der Waals surface area contributed by atoms with E-state index >= 15 is 0 Å². The van der Waals surface area contributed by atoms with Crippen molar-refractivity contribution >= 4 is 39.5 Å². The van der Waals surface area contributed by atoms with Crippen LogP contribution in [0.1, 0.15) is 362 Å². The maximum atomic E-state index is 13.1. The maximum Gasteiger partial charge on any atom is 0.472 e. The van der Waals surface area contributed by atoms with Crippen LogP contribution in [0.25, 0.3) is 0 Å². The summed E-state index contributed by atoms with van der Waals surface area (Å²) in [6.07, 6.45) is 90.1. The zero-order chi connectivity index (χ0) is 78.9. The molecule has 5 atom stereocenters. The van der Waals surface area contributed by atoms with E-state index < -0.39 is 97.5 Å². The molecule has 0 radical (unpaired) electrons. The third kappa shape index (κ3) is 79.5. The number of allylic oxidation sites excluding steroid dienone is 20. The molecule has 0 heterocycles. The minimum Gasteiger partial charge on any atom is -0.462 e. The molecule has 0 aliphatic carbocycles. The number of unbranched alkanes of at least 4 members (excludes halogenated alkanes) is 34. The average molecular weight is 1560 g/mol. The molecule has 0 amide bonds. The Morgan fingerprint density at radius 3 is 0.769 bits per heavy atom. The molecule has 0 aromatic carbocycles. The molecule has 0 aliphatic heterocycles. The Balaban J connectivity index is 5.39. The van der Waals surface area contributed by atoms with Gasteiger partial charge in [0.05, 0.1) is 26.4 Å². The molecule has 0 aromatic heterocycles. The summed E-state index contributed by atoms with van der Waals surface area (Å²) in [7, 11) is -9.98. The van der Waals surface area contributed by atoms with Gasteiger partial charge in [0.15, 0.2) is 12.2 Å². The van der Waals surface area contributed by atoms with E-state index in [2.05, 4.69) is 149 Å². The molecule has 622 valence electrons. The van der Waals surface area contributed by atoms with Crippen molar-refractivity contribution in [1.82, 2.24) is 0 Å². The van der Waals surface area contributed by atoms with Gasteiger partial charge >= 0.3 is 39.5 Å². The molecule has 0 spiro atoms. The van der Waals surface area contributed by atoms with Crippen molar-refractivity contribution in [3.8, 4) is 0 Å². The summed E-state index contributed by atoms with van der Waals surface area (Å²) in [4.78, 5) is 73.2. The lowest BCUT2D eigenvalue weighted by atomic mass is 10.1. The van der Waals surface area contributed by atoms with Gasteiger partial charge in [0, 0.05) is 25.7 Å². The van der Waals surface area contributed by atoms with E-state index in [1.54, 1.807) is 0 Å². The van der Waals surface area contributed by atoms with Gasteiger partial charge in [-0.3, -0.25) is 37.3 Å². The smallest absolute Gasteiger partial charge is 0.462 e. The van der Waals surface area contributed by atoms with Crippen LogP contribution < -0.4 is 0 Å². The highest BCUT2D eigenvalue weighted by atomic mass is 31.2. The fourth-order valence-corrected chi connectivity index (χ4v) is 12.9. The first-order valence-corrected chi connectivity index (χ1v) is 45.8. The number of aliphatic hydroxyl groups is 1. The van der Waals surface area contributed by atoms with Crippen molar-refractivity contribution in [3.05, 3.63) is 122 Å². The molecule has 0 rings (SSSR count). The van der Waals surface area contributed by atoms with E-state index in [1.807, 2.05) is 0 Å². The van der Waals surface area contributed by atoms with E-state index in [0.717, 1.165) is 205 Å². The minimum atomic E-state index is -4.99. The summed E-state index contributed by atoms with van der Waals surface area (Å²) in [5, 5.41) is 10.7. The second kappa shape index (κ2) is 80.5. The third-order valence-electron chi connectivity index (χ3n) is 17.9. The van der Waals surface area contributed by atoms with Crippen LogP contribution in [0, 0.1) is 0 Å². The first-order valence-electron chi connectivity index (χ1n) is 42.8. The number of aliphatic hydroxyl groups excluding tert-OH is 1. The van der Waals surface area contributed by atoms with Crippen molar-refractivity contribution in [3.63, 3.8) is 0 Å². The molecule has 0 saturated heterocycles. The number of esters is 4. The van der Waals surface area contributed by atoms with E-state index in [1.165, 1.54) is 77.0 Å². The summed E-state index contributed by atoms with van der Waals surface area (Å²) in [6, 6.07) is 0. The number of carbonyl (C=O) groups is 4. The van der Waals surface area contributed by atoms with Gasteiger partial charge in [-0.1, -0.05) is 297 Å². The highest BCUT2D eigenvalue weighted by molar-refractivity contribution is 7.47. The van der Waals surface area contributed by atoms with Crippen LogP contribution in [-0.4, -0.2) is 96.7 Å². The van der Waals surface area contributed by atoms with Crippen LogP contribution in [-0.2, 0) is 65.4 Å². The molecule has 0 aromatic rings. The Hall–Kier alpha value is -4.54.